The summed E-state index contributed by atoms with van der Waals surface area (Å²) in [7, 11) is 0. The van der Waals surface area contributed by atoms with Crippen molar-refractivity contribution in [3.8, 4) is 11.8 Å². The molecular formula is C16H18N2O3. The molecule has 0 unspecified atom stereocenters. The molecule has 0 spiro atoms. The van der Waals surface area contributed by atoms with Gasteiger partial charge in [0.1, 0.15) is 5.75 Å². The minimum absolute atomic E-state index is 0.0455. The number of nitrogens with zero attached hydrogens (tertiary/aromatic N) is 2. The van der Waals surface area contributed by atoms with E-state index in [4.69, 9.17) is 9.84 Å². The van der Waals surface area contributed by atoms with Gasteiger partial charge in [0.05, 0.1) is 0 Å². The maximum Gasteiger partial charge on any atom is 0.354 e. The number of hydrogen-bond acceptors (Lipinski definition) is 4. The number of aryl methyl sites for hydroxylation is 1. The molecular weight excluding hydrogens is 268 g/mol. The predicted molar refractivity (Wildman–Crippen MR) is 78.9 cm³/mol. The Balaban J connectivity index is 2.42. The largest absolute Gasteiger partial charge is 0.477 e. The maximum absolute atomic E-state index is 11.0. The second-order valence-electron chi connectivity index (χ2n) is 5.83. The summed E-state index contributed by atoms with van der Waals surface area (Å²) < 4.78 is 5.72. The molecule has 0 saturated carbocycles. The maximum atomic E-state index is 11.0. The van der Waals surface area contributed by atoms with Crippen LogP contribution in [0.1, 0.15) is 42.5 Å². The van der Waals surface area contributed by atoms with Crippen LogP contribution in [-0.2, 0) is 5.41 Å². The number of rotatable bonds is 3. The summed E-state index contributed by atoms with van der Waals surface area (Å²) in [5.41, 5.74) is 1.37. The first-order chi connectivity index (χ1) is 9.77. The number of para-hydroxylation sites is 1. The van der Waals surface area contributed by atoms with E-state index >= 15 is 0 Å². The average Bonchev–Trinajstić information content (AvgIpc) is 2.37. The van der Waals surface area contributed by atoms with Gasteiger partial charge in [-0.3, -0.25) is 0 Å². The van der Waals surface area contributed by atoms with Gasteiger partial charge in [0.25, 0.3) is 0 Å². The second kappa shape index (κ2) is 5.52. The smallest absolute Gasteiger partial charge is 0.354 e. The summed E-state index contributed by atoms with van der Waals surface area (Å²) in [5.74, 6) is -0.471. The van der Waals surface area contributed by atoms with E-state index in [9.17, 15) is 4.79 Å². The summed E-state index contributed by atoms with van der Waals surface area (Å²) in [6.45, 7) is 7.94. The van der Waals surface area contributed by atoms with Crippen LogP contribution in [0.25, 0.3) is 0 Å². The van der Waals surface area contributed by atoms with Crippen LogP contribution in [-0.4, -0.2) is 21.0 Å². The standard InChI is InChI=1S/C16H18N2O3/c1-10-9-12(14(19)20)18-15(17-10)21-13-8-6-5-7-11(13)16(2,3)4/h5-9H,1-4H3,(H,19,20). The van der Waals surface area contributed by atoms with Crippen molar-refractivity contribution in [1.82, 2.24) is 9.97 Å². The SMILES string of the molecule is Cc1cc(C(=O)O)nc(Oc2ccccc2C(C)(C)C)n1. The summed E-state index contributed by atoms with van der Waals surface area (Å²) in [6, 6.07) is 9.05. The van der Waals surface area contributed by atoms with Crippen molar-refractivity contribution in [3.05, 3.63) is 47.3 Å². The van der Waals surface area contributed by atoms with Crippen molar-refractivity contribution in [2.75, 3.05) is 0 Å². The Hall–Kier alpha value is -2.43. The molecule has 1 N–H and O–H groups in total. The van der Waals surface area contributed by atoms with E-state index in [0.29, 0.717) is 11.4 Å². The van der Waals surface area contributed by atoms with Gasteiger partial charge in [0.2, 0.25) is 0 Å². The number of carboxylic acids is 1. The molecule has 0 aliphatic rings. The van der Waals surface area contributed by atoms with Crippen LogP contribution < -0.4 is 4.74 Å². The fourth-order valence-electron chi connectivity index (χ4n) is 1.97. The quantitative estimate of drug-likeness (QED) is 0.933. The second-order valence-corrected chi connectivity index (χ2v) is 5.83. The van der Waals surface area contributed by atoms with E-state index in [1.165, 1.54) is 6.07 Å². The molecule has 5 nitrogen and oxygen atoms in total. The van der Waals surface area contributed by atoms with Crippen molar-refractivity contribution < 1.29 is 14.6 Å². The average molecular weight is 286 g/mol. The van der Waals surface area contributed by atoms with Crippen LogP contribution in [0.3, 0.4) is 0 Å². The Labute approximate surface area is 123 Å². The van der Waals surface area contributed by atoms with Crippen molar-refractivity contribution in [2.24, 2.45) is 0 Å². The lowest BCUT2D eigenvalue weighted by Crippen LogP contribution is -2.13. The highest BCUT2D eigenvalue weighted by Gasteiger charge is 2.20. The molecule has 0 amide bonds. The molecule has 2 rings (SSSR count). The van der Waals surface area contributed by atoms with Crippen molar-refractivity contribution in [2.45, 2.75) is 33.1 Å². The molecule has 0 atom stereocenters. The Morgan fingerprint density at radius 2 is 1.86 bits per heavy atom. The van der Waals surface area contributed by atoms with E-state index in [1.807, 2.05) is 24.3 Å². The minimum atomic E-state index is -1.10. The Morgan fingerprint density at radius 1 is 1.19 bits per heavy atom. The molecule has 2 aromatic rings. The first kappa shape index (κ1) is 15.0. The molecule has 5 heteroatoms. The number of carbonyl (C=O) groups is 1. The van der Waals surface area contributed by atoms with Crippen LogP contribution in [0.5, 0.6) is 11.8 Å². The Kier molecular flexibility index (Phi) is 3.93. The third kappa shape index (κ3) is 3.56. The number of hydrogen-bond donors (Lipinski definition) is 1. The number of ether oxygens (including phenoxy) is 1. The van der Waals surface area contributed by atoms with Crippen molar-refractivity contribution >= 4 is 5.97 Å². The Bertz CT molecular complexity index is 675. The number of benzene rings is 1. The first-order valence-electron chi connectivity index (χ1n) is 6.64. The zero-order valence-electron chi connectivity index (χ0n) is 12.5. The third-order valence-electron chi connectivity index (χ3n) is 2.95. The summed E-state index contributed by atoms with van der Waals surface area (Å²) in [4.78, 5) is 19.1. The van der Waals surface area contributed by atoms with Crippen LogP contribution in [0.4, 0.5) is 0 Å². The normalized spacial score (nSPS) is 11.2. The molecule has 1 aromatic heterocycles. The number of aromatic carboxylic acids is 1. The molecule has 1 heterocycles. The topological polar surface area (TPSA) is 72.3 Å². The summed E-state index contributed by atoms with van der Waals surface area (Å²) in [5, 5.41) is 9.04. The molecule has 0 bridgehead atoms. The van der Waals surface area contributed by atoms with Gasteiger partial charge in [-0.25, -0.2) is 9.78 Å². The molecule has 0 aliphatic heterocycles. The van der Waals surface area contributed by atoms with Gasteiger partial charge >= 0.3 is 12.0 Å². The van der Waals surface area contributed by atoms with Crippen molar-refractivity contribution in [3.63, 3.8) is 0 Å². The molecule has 0 fully saturated rings. The van der Waals surface area contributed by atoms with Gasteiger partial charge in [0, 0.05) is 11.3 Å². The van der Waals surface area contributed by atoms with Gasteiger partial charge < -0.3 is 9.84 Å². The summed E-state index contributed by atoms with van der Waals surface area (Å²) >= 11 is 0. The number of aromatic nitrogens is 2. The van der Waals surface area contributed by atoms with Crippen LogP contribution in [0.15, 0.2) is 30.3 Å². The predicted octanol–water partition coefficient (Wildman–Crippen LogP) is 3.57. The van der Waals surface area contributed by atoms with E-state index in [2.05, 4.69) is 30.7 Å². The van der Waals surface area contributed by atoms with E-state index in [0.717, 1.165) is 5.56 Å². The van der Waals surface area contributed by atoms with Crippen LogP contribution in [0.2, 0.25) is 0 Å². The zero-order valence-corrected chi connectivity index (χ0v) is 12.5. The lowest BCUT2D eigenvalue weighted by Gasteiger charge is -2.22. The third-order valence-corrected chi connectivity index (χ3v) is 2.95. The van der Waals surface area contributed by atoms with Gasteiger partial charge in [-0.15, -0.1) is 0 Å². The molecule has 0 saturated heterocycles. The van der Waals surface area contributed by atoms with E-state index in [-0.39, 0.29) is 17.1 Å². The number of carboxylic acid groups (broad SMARTS) is 1. The molecule has 21 heavy (non-hydrogen) atoms. The lowest BCUT2D eigenvalue weighted by molar-refractivity contribution is 0.0689. The van der Waals surface area contributed by atoms with E-state index in [1.54, 1.807) is 6.92 Å². The van der Waals surface area contributed by atoms with Gasteiger partial charge in [-0.1, -0.05) is 39.0 Å². The first-order valence-corrected chi connectivity index (χ1v) is 6.64. The Morgan fingerprint density at radius 3 is 2.48 bits per heavy atom. The molecule has 1 aromatic carbocycles. The van der Waals surface area contributed by atoms with Gasteiger partial charge in [0.15, 0.2) is 5.69 Å². The fourth-order valence-corrected chi connectivity index (χ4v) is 1.97. The highest BCUT2D eigenvalue weighted by atomic mass is 16.5. The van der Waals surface area contributed by atoms with E-state index < -0.39 is 5.97 Å². The summed E-state index contributed by atoms with van der Waals surface area (Å²) in [6.07, 6.45) is 0. The lowest BCUT2D eigenvalue weighted by atomic mass is 9.86. The van der Waals surface area contributed by atoms with Crippen LogP contribution in [0, 0.1) is 6.92 Å². The molecule has 110 valence electrons. The zero-order chi connectivity index (χ0) is 15.6. The monoisotopic (exact) mass is 286 g/mol. The van der Waals surface area contributed by atoms with Crippen LogP contribution >= 0.6 is 0 Å². The highest BCUT2D eigenvalue weighted by molar-refractivity contribution is 5.85. The molecule has 0 radical (unpaired) electrons. The van der Waals surface area contributed by atoms with Crippen molar-refractivity contribution in [1.29, 1.82) is 0 Å². The minimum Gasteiger partial charge on any atom is -0.477 e. The highest BCUT2D eigenvalue weighted by Crippen LogP contribution is 2.33. The fraction of sp³-hybridized carbons (Fsp3) is 0.312. The molecule has 0 aliphatic carbocycles. The van der Waals surface area contributed by atoms with Gasteiger partial charge in [-0.05, 0) is 24.5 Å². The van der Waals surface area contributed by atoms with Gasteiger partial charge in [-0.2, -0.15) is 4.98 Å².